The summed E-state index contributed by atoms with van der Waals surface area (Å²) in [5.41, 5.74) is 4.14. The summed E-state index contributed by atoms with van der Waals surface area (Å²) in [6.45, 7) is 12.1. The highest BCUT2D eigenvalue weighted by atomic mass is 16.2. The molecule has 3 aromatic rings. The van der Waals surface area contributed by atoms with E-state index in [0.29, 0.717) is 11.4 Å². The Morgan fingerprint density at radius 2 is 1.49 bits per heavy atom. The van der Waals surface area contributed by atoms with Crippen LogP contribution in [-0.4, -0.2) is 84.6 Å². The molecule has 182 valence electrons. The molecule has 3 heterocycles. The van der Waals surface area contributed by atoms with Gasteiger partial charge in [0.25, 0.3) is 5.91 Å². The number of benzene rings is 2. The molecule has 0 N–H and O–H groups in total. The molecule has 1 aromatic heterocycles. The summed E-state index contributed by atoms with van der Waals surface area (Å²) in [6.07, 6.45) is 1.74. The van der Waals surface area contributed by atoms with Crippen LogP contribution in [0.25, 0.3) is 11.4 Å². The van der Waals surface area contributed by atoms with Crippen LogP contribution in [0.4, 0.5) is 11.5 Å². The van der Waals surface area contributed by atoms with Crippen LogP contribution in [0.15, 0.2) is 60.8 Å². The molecule has 0 aliphatic carbocycles. The summed E-state index contributed by atoms with van der Waals surface area (Å²) in [5.74, 6) is 1.46. The summed E-state index contributed by atoms with van der Waals surface area (Å²) >= 11 is 0. The molecule has 0 bridgehead atoms. The Hall–Kier alpha value is -3.45. The van der Waals surface area contributed by atoms with Crippen LogP contribution in [0, 0.1) is 6.92 Å². The Labute approximate surface area is 208 Å². The number of hydrogen-bond donors (Lipinski definition) is 0. The van der Waals surface area contributed by atoms with Crippen molar-refractivity contribution < 1.29 is 4.79 Å². The van der Waals surface area contributed by atoms with Crippen LogP contribution in [0.3, 0.4) is 0 Å². The fourth-order valence-corrected chi connectivity index (χ4v) is 5.01. The smallest absolute Gasteiger partial charge is 0.259 e. The van der Waals surface area contributed by atoms with E-state index < -0.39 is 0 Å². The van der Waals surface area contributed by atoms with Crippen LogP contribution in [-0.2, 0) is 0 Å². The molecule has 5 rings (SSSR count). The molecular formula is C28H34N6O. The van der Waals surface area contributed by atoms with E-state index in [1.165, 1.54) is 11.3 Å². The van der Waals surface area contributed by atoms with Crippen LogP contribution in [0.1, 0.15) is 22.8 Å². The largest absolute Gasteiger partial charge is 0.368 e. The number of aryl methyl sites for hydroxylation is 1. The molecule has 1 amide bonds. The van der Waals surface area contributed by atoms with Crippen molar-refractivity contribution in [2.75, 3.05) is 68.7 Å². The molecule has 2 aliphatic rings. The van der Waals surface area contributed by atoms with Crippen molar-refractivity contribution in [3.8, 4) is 11.4 Å². The van der Waals surface area contributed by atoms with E-state index >= 15 is 0 Å². The van der Waals surface area contributed by atoms with Gasteiger partial charge in [-0.25, -0.2) is 9.97 Å². The maximum absolute atomic E-state index is 13.6. The van der Waals surface area contributed by atoms with Crippen molar-refractivity contribution in [2.45, 2.75) is 13.8 Å². The van der Waals surface area contributed by atoms with Gasteiger partial charge in [-0.05, 0) is 25.1 Å². The number of likely N-dealkylation sites (N-methyl/N-ethyl adjacent to an activating group) is 1. The van der Waals surface area contributed by atoms with Gasteiger partial charge >= 0.3 is 0 Å². The topological polar surface area (TPSA) is 55.8 Å². The minimum Gasteiger partial charge on any atom is -0.368 e. The van der Waals surface area contributed by atoms with E-state index in [0.717, 1.165) is 70.3 Å². The molecule has 7 heteroatoms. The monoisotopic (exact) mass is 470 g/mol. The van der Waals surface area contributed by atoms with Gasteiger partial charge in [0.1, 0.15) is 11.4 Å². The highest BCUT2D eigenvalue weighted by Gasteiger charge is 2.28. The van der Waals surface area contributed by atoms with Crippen molar-refractivity contribution in [1.29, 1.82) is 0 Å². The average molecular weight is 471 g/mol. The Balaban J connectivity index is 1.41. The van der Waals surface area contributed by atoms with Crippen LogP contribution in [0.2, 0.25) is 0 Å². The zero-order chi connectivity index (χ0) is 24.2. The first-order chi connectivity index (χ1) is 17.1. The molecule has 35 heavy (non-hydrogen) atoms. The molecule has 0 atom stereocenters. The number of para-hydroxylation sites is 1. The lowest BCUT2D eigenvalue weighted by molar-refractivity contribution is 0.0643. The second-order valence-electron chi connectivity index (χ2n) is 9.28. The summed E-state index contributed by atoms with van der Waals surface area (Å²) in [7, 11) is 0. The minimum absolute atomic E-state index is 0.0386. The van der Waals surface area contributed by atoms with Crippen molar-refractivity contribution in [2.24, 2.45) is 0 Å². The average Bonchev–Trinajstić information content (AvgIpc) is 2.93. The fourth-order valence-electron chi connectivity index (χ4n) is 5.01. The predicted molar refractivity (Wildman–Crippen MR) is 141 cm³/mol. The maximum Gasteiger partial charge on any atom is 0.259 e. The first-order valence-corrected chi connectivity index (χ1v) is 12.6. The quantitative estimate of drug-likeness (QED) is 0.568. The third-order valence-electron chi connectivity index (χ3n) is 7.17. The van der Waals surface area contributed by atoms with Crippen LogP contribution < -0.4 is 9.80 Å². The summed E-state index contributed by atoms with van der Waals surface area (Å²) in [6, 6.07) is 18.5. The van der Waals surface area contributed by atoms with Gasteiger partial charge in [0.15, 0.2) is 5.82 Å². The van der Waals surface area contributed by atoms with Gasteiger partial charge in [-0.1, -0.05) is 55.5 Å². The van der Waals surface area contributed by atoms with E-state index in [4.69, 9.17) is 4.98 Å². The maximum atomic E-state index is 13.6. The first kappa shape index (κ1) is 23.3. The summed E-state index contributed by atoms with van der Waals surface area (Å²) in [4.78, 5) is 32.2. The molecule has 0 radical (unpaired) electrons. The zero-order valence-corrected chi connectivity index (χ0v) is 20.7. The van der Waals surface area contributed by atoms with Crippen LogP contribution in [0.5, 0.6) is 0 Å². The number of aromatic nitrogens is 2. The van der Waals surface area contributed by atoms with E-state index in [2.05, 4.69) is 57.8 Å². The number of amides is 1. The Morgan fingerprint density at radius 3 is 2.17 bits per heavy atom. The van der Waals surface area contributed by atoms with Gasteiger partial charge in [0.2, 0.25) is 0 Å². The second kappa shape index (κ2) is 10.4. The molecule has 0 saturated carbocycles. The Kier molecular flexibility index (Phi) is 6.95. The zero-order valence-electron chi connectivity index (χ0n) is 20.7. The normalized spacial score (nSPS) is 17.0. The fraction of sp³-hybridized carbons (Fsp3) is 0.393. The van der Waals surface area contributed by atoms with Crippen molar-refractivity contribution in [3.05, 3.63) is 71.9 Å². The number of piperazine rings is 2. The number of rotatable bonds is 5. The second-order valence-corrected chi connectivity index (χ2v) is 9.28. The predicted octanol–water partition coefficient (Wildman–Crippen LogP) is 3.56. The SMILES string of the molecule is CCN1CCN(C(=O)c2cnc(-c3ccccc3)nc2N2CCN(c3ccccc3C)CC2)CC1. The lowest BCUT2D eigenvalue weighted by Crippen LogP contribution is -2.50. The number of nitrogens with zero attached hydrogens (tertiary/aromatic N) is 6. The van der Waals surface area contributed by atoms with Gasteiger partial charge in [0.05, 0.1) is 0 Å². The molecule has 2 saturated heterocycles. The standard InChI is InChI=1S/C28H34N6O/c1-3-31-13-15-34(16-14-31)28(35)24-21-29-26(23-10-5-4-6-11-23)30-27(24)33-19-17-32(18-20-33)25-12-8-7-9-22(25)2/h4-12,21H,3,13-20H2,1-2H3. The van der Waals surface area contributed by atoms with E-state index in [-0.39, 0.29) is 5.91 Å². The molecule has 7 nitrogen and oxygen atoms in total. The molecule has 2 fully saturated rings. The Morgan fingerprint density at radius 1 is 0.829 bits per heavy atom. The van der Waals surface area contributed by atoms with Gasteiger partial charge in [-0.3, -0.25) is 4.79 Å². The molecule has 0 spiro atoms. The number of anilines is 2. The van der Waals surface area contributed by atoms with Crippen molar-refractivity contribution in [3.63, 3.8) is 0 Å². The highest BCUT2D eigenvalue weighted by Crippen LogP contribution is 2.27. The van der Waals surface area contributed by atoms with Gasteiger partial charge in [-0.15, -0.1) is 0 Å². The third-order valence-corrected chi connectivity index (χ3v) is 7.17. The van der Waals surface area contributed by atoms with Gasteiger partial charge < -0.3 is 19.6 Å². The van der Waals surface area contributed by atoms with E-state index in [1.807, 2.05) is 35.2 Å². The molecule has 0 unspecified atom stereocenters. The van der Waals surface area contributed by atoms with Crippen LogP contribution >= 0.6 is 0 Å². The molecule has 2 aromatic carbocycles. The van der Waals surface area contributed by atoms with E-state index in [1.54, 1.807) is 6.20 Å². The number of hydrogen-bond acceptors (Lipinski definition) is 6. The first-order valence-electron chi connectivity index (χ1n) is 12.6. The molecule has 2 aliphatic heterocycles. The number of carbonyl (C=O) groups excluding carboxylic acids is 1. The summed E-state index contributed by atoms with van der Waals surface area (Å²) < 4.78 is 0. The van der Waals surface area contributed by atoms with Crippen molar-refractivity contribution >= 4 is 17.4 Å². The number of carbonyl (C=O) groups is 1. The van der Waals surface area contributed by atoms with Gasteiger partial charge in [0, 0.05) is 69.8 Å². The van der Waals surface area contributed by atoms with Crippen molar-refractivity contribution in [1.82, 2.24) is 19.8 Å². The summed E-state index contributed by atoms with van der Waals surface area (Å²) in [5, 5.41) is 0. The third kappa shape index (κ3) is 5.00. The highest BCUT2D eigenvalue weighted by molar-refractivity contribution is 5.99. The lowest BCUT2D eigenvalue weighted by Gasteiger charge is -2.38. The lowest BCUT2D eigenvalue weighted by atomic mass is 10.1. The minimum atomic E-state index is 0.0386. The molecular weight excluding hydrogens is 436 g/mol. The van der Waals surface area contributed by atoms with E-state index in [9.17, 15) is 4.79 Å². The Bertz CT molecular complexity index is 1150. The van der Waals surface area contributed by atoms with Gasteiger partial charge in [-0.2, -0.15) is 0 Å².